The van der Waals surface area contributed by atoms with Gasteiger partial charge in [-0.1, -0.05) is 13.8 Å². The predicted octanol–water partition coefficient (Wildman–Crippen LogP) is 3.30. The van der Waals surface area contributed by atoms with E-state index >= 15 is 0 Å². The summed E-state index contributed by atoms with van der Waals surface area (Å²) in [6, 6.07) is 1.71. The number of hydrogen-bond acceptors (Lipinski definition) is 3. The van der Waals surface area contributed by atoms with Gasteiger partial charge in [-0.2, -0.15) is 4.31 Å². The fourth-order valence-electron chi connectivity index (χ4n) is 1.73. The molecule has 0 spiro atoms. The van der Waals surface area contributed by atoms with Crippen LogP contribution in [-0.2, 0) is 15.9 Å². The molecule has 3 nitrogen and oxygen atoms in total. The molecule has 1 aromatic rings. The van der Waals surface area contributed by atoms with Crippen molar-refractivity contribution in [2.24, 2.45) is 0 Å². The molecule has 6 heteroatoms. The Balaban J connectivity index is 3.01. The lowest BCUT2D eigenvalue weighted by molar-refractivity contribution is 0.350. The first-order valence-electron chi connectivity index (χ1n) is 5.58. The van der Waals surface area contributed by atoms with Gasteiger partial charge in [0.1, 0.15) is 0 Å². The lowest BCUT2D eigenvalue weighted by Crippen LogP contribution is -2.36. The van der Waals surface area contributed by atoms with Crippen molar-refractivity contribution in [1.82, 2.24) is 4.31 Å². The quantitative estimate of drug-likeness (QED) is 0.755. The van der Waals surface area contributed by atoms with Gasteiger partial charge in [0.25, 0.3) is 0 Å². The van der Waals surface area contributed by atoms with Crippen LogP contribution in [0.5, 0.6) is 0 Å². The van der Waals surface area contributed by atoms with Gasteiger partial charge < -0.3 is 0 Å². The Labute approximate surface area is 112 Å². The molecule has 1 heterocycles. The zero-order chi connectivity index (χ0) is 13.1. The Morgan fingerprint density at radius 1 is 1.41 bits per heavy atom. The third-order valence-electron chi connectivity index (χ3n) is 2.90. The summed E-state index contributed by atoms with van der Waals surface area (Å²) < 4.78 is 26.1. The molecule has 1 aromatic heterocycles. The van der Waals surface area contributed by atoms with Crippen molar-refractivity contribution in [2.75, 3.05) is 7.05 Å². The van der Waals surface area contributed by atoms with E-state index < -0.39 is 10.0 Å². The van der Waals surface area contributed by atoms with Gasteiger partial charge in [-0.25, -0.2) is 8.42 Å². The van der Waals surface area contributed by atoms with Crippen molar-refractivity contribution in [3.05, 3.63) is 16.3 Å². The summed E-state index contributed by atoms with van der Waals surface area (Å²) in [5.41, 5.74) is 0. The smallest absolute Gasteiger partial charge is 0.207 e. The van der Waals surface area contributed by atoms with Crippen LogP contribution in [-0.4, -0.2) is 25.8 Å². The number of hydrogen-bond donors (Lipinski definition) is 0. The van der Waals surface area contributed by atoms with E-state index in [1.165, 1.54) is 15.6 Å². The molecule has 0 aliphatic rings. The van der Waals surface area contributed by atoms with Crippen molar-refractivity contribution < 1.29 is 8.42 Å². The Morgan fingerprint density at radius 2 is 2.00 bits per heavy atom. The largest absolute Gasteiger partial charge is 0.243 e. The van der Waals surface area contributed by atoms with Crippen molar-refractivity contribution in [3.63, 3.8) is 0 Å². The molecule has 0 saturated heterocycles. The van der Waals surface area contributed by atoms with Crippen LogP contribution in [0.1, 0.15) is 31.6 Å². The summed E-state index contributed by atoms with van der Waals surface area (Å²) in [6.07, 6.45) is 1.64. The fraction of sp³-hybridized carbons (Fsp3) is 0.636. The van der Waals surface area contributed by atoms with Crippen LogP contribution in [0.15, 0.2) is 16.3 Å². The standard InChI is InChI=1S/C11H18ClNO2S2/c1-4-9(5-2)13(3)17(14,15)11-6-10(7-12)16-8-11/h6,8-9H,4-5,7H2,1-3H3. The van der Waals surface area contributed by atoms with Crippen LogP contribution < -0.4 is 0 Å². The number of halogens is 1. The first-order chi connectivity index (χ1) is 7.97. The lowest BCUT2D eigenvalue weighted by Gasteiger charge is -2.24. The van der Waals surface area contributed by atoms with E-state index in [1.54, 1.807) is 18.5 Å². The molecule has 0 N–H and O–H groups in total. The average molecular weight is 296 g/mol. The van der Waals surface area contributed by atoms with E-state index in [0.717, 1.165) is 17.7 Å². The molecule has 0 aromatic carbocycles. The van der Waals surface area contributed by atoms with Crippen LogP contribution in [0, 0.1) is 0 Å². The summed E-state index contributed by atoms with van der Waals surface area (Å²) in [6.45, 7) is 4.00. The van der Waals surface area contributed by atoms with Gasteiger partial charge in [-0.05, 0) is 18.9 Å². The second-order valence-corrected chi connectivity index (χ2v) is 7.13. The van der Waals surface area contributed by atoms with E-state index in [1.807, 2.05) is 13.8 Å². The highest BCUT2D eigenvalue weighted by molar-refractivity contribution is 7.89. The molecule has 0 saturated carbocycles. The van der Waals surface area contributed by atoms with Gasteiger partial charge >= 0.3 is 0 Å². The minimum atomic E-state index is -3.37. The van der Waals surface area contributed by atoms with Gasteiger partial charge in [-0.3, -0.25) is 0 Å². The van der Waals surface area contributed by atoms with Crippen molar-refractivity contribution in [1.29, 1.82) is 0 Å². The Bertz CT molecular complexity index is 452. The second-order valence-electron chi connectivity index (χ2n) is 3.87. The maximum atomic E-state index is 12.3. The normalized spacial score (nSPS) is 12.6. The van der Waals surface area contributed by atoms with Crippen LogP contribution in [0.25, 0.3) is 0 Å². The fourth-order valence-corrected chi connectivity index (χ4v) is 4.61. The van der Waals surface area contributed by atoms with Crippen molar-refractivity contribution in [2.45, 2.75) is 43.5 Å². The van der Waals surface area contributed by atoms with Crippen molar-refractivity contribution >= 4 is 33.0 Å². The molecule has 0 unspecified atom stereocenters. The molecular weight excluding hydrogens is 278 g/mol. The minimum Gasteiger partial charge on any atom is -0.207 e. The molecule has 1 rings (SSSR count). The number of sulfonamides is 1. The summed E-state index contributed by atoms with van der Waals surface area (Å²) in [5, 5.41) is 1.66. The molecule has 0 amide bonds. The van der Waals surface area contributed by atoms with Gasteiger partial charge in [0.05, 0.1) is 10.8 Å². The summed E-state index contributed by atoms with van der Waals surface area (Å²) in [5.74, 6) is 0.356. The maximum Gasteiger partial charge on any atom is 0.243 e. The van der Waals surface area contributed by atoms with Crippen LogP contribution in [0.3, 0.4) is 0 Å². The molecule has 0 aliphatic carbocycles. The van der Waals surface area contributed by atoms with E-state index in [-0.39, 0.29) is 6.04 Å². The minimum absolute atomic E-state index is 0.0550. The number of alkyl halides is 1. The molecule has 98 valence electrons. The molecule has 0 fully saturated rings. The van der Waals surface area contributed by atoms with Crippen LogP contribution >= 0.6 is 22.9 Å². The Kier molecular flexibility index (Phi) is 5.44. The van der Waals surface area contributed by atoms with E-state index in [4.69, 9.17) is 11.6 Å². The SMILES string of the molecule is CCC(CC)N(C)S(=O)(=O)c1csc(CCl)c1. The van der Waals surface area contributed by atoms with E-state index in [2.05, 4.69) is 0 Å². The molecular formula is C11H18ClNO2S2. The summed E-state index contributed by atoms with van der Waals surface area (Å²) in [7, 11) is -1.72. The lowest BCUT2D eigenvalue weighted by atomic mass is 10.2. The number of rotatable bonds is 6. The predicted molar refractivity (Wildman–Crippen MR) is 73.2 cm³/mol. The topological polar surface area (TPSA) is 37.4 Å². The zero-order valence-electron chi connectivity index (χ0n) is 10.3. The van der Waals surface area contributed by atoms with Gasteiger partial charge in [0.2, 0.25) is 10.0 Å². The van der Waals surface area contributed by atoms with Crippen molar-refractivity contribution in [3.8, 4) is 0 Å². The number of thiophene rings is 1. The maximum absolute atomic E-state index is 12.3. The van der Waals surface area contributed by atoms with Gasteiger partial charge in [0, 0.05) is 23.3 Å². The zero-order valence-corrected chi connectivity index (χ0v) is 12.7. The Morgan fingerprint density at radius 3 is 2.41 bits per heavy atom. The highest BCUT2D eigenvalue weighted by Crippen LogP contribution is 2.25. The highest BCUT2D eigenvalue weighted by Gasteiger charge is 2.26. The van der Waals surface area contributed by atoms with E-state index in [0.29, 0.717) is 10.8 Å². The van der Waals surface area contributed by atoms with Gasteiger partial charge in [-0.15, -0.1) is 22.9 Å². The van der Waals surface area contributed by atoms with Crippen LogP contribution in [0.4, 0.5) is 0 Å². The van der Waals surface area contributed by atoms with E-state index in [9.17, 15) is 8.42 Å². The first-order valence-corrected chi connectivity index (χ1v) is 8.44. The third-order valence-corrected chi connectivity index (χ3v) is 6.32. The molecule has 0 aliphatic heterocycles. The summed E-state index contributed by atoms with van der Waals surface area (Å²) in [4.78, 5) is 1.23. The first kappa shape index (κ1) is 15.0. The number of nitrogens with zero attached hydrogens (tertiary/aromatic N) is 1. The third kappa shape index (κ3) is 3.22. The van der Waals surface area contributed by atoms with Gasteiger partial charge in [0.15, 0.2) is 0 Å². The monoisotopic (exact) mass is 295 g/mol. The highest BCUT2D eigenvalue weighted by atomic mass is 35.5. The Hall–Kier alpha value is -0.100. The molecule has 17 heavy (non-hydrogen) atoms. The van der Waals surface area contributed by atoms with Crippen LogP contribution in [0.2, 0.25) is 0 Å². The molecule has 0 bridgehead atoms. The summed E-state index contributed by atoms with van der Waals surface area (Å²) >= 11 is 7.07. The molecule has 0 atom stereocenters. The second kappa shape index (κ2) is 6.18. The molecule has 0 radical (unpaired) electrons. The average Bonchev–Trinajstić information content (AvgIpc) is 2.79.